The predicted molar refractivity (Wildman–Crippen MR) is 197 cm³/mol. The Morgan fingerprint density at radius 1 is 0.820 bits per heavy atom. The molecular weight excluding hydrogens is 648 g/mol. The average Bonchev–Trinajstić information content (AvgIpc) is 3.09. The van der Waals surface area contributed by atoms with Crippen LogP contribution < -0.4 is 43.4 Å². The highest BCUT2D eigenvalue weighted by molar-refractivity contribution is 5.99. The van der Waals surface area contributed by atoms with E-state index in [9.17, 15) is 33.6 Å². The zero-order valence-electron chi connectivity index (χ0n) is 32.1. The number of nitrogens with one attached hydrogen (secondary N) is 6. The van der Waals surface area contributed by atoms with E-state index in [1.165, 1.54) is 13.1 Å². The number of ether oxygens (including phenoxy) is 1. The second-order valence-corrected chi connectivity index (χ2v) is 10.4. The second kappa shape index (κ2) is 32.8. The van der Waals surface area contributed by atoms with Crippen LogP contribution in [-0.4, -0.2) is 81.3 Å². The molecule has 16 heteroatoms. The summed E-state index contributed by atoms with van der Waals surface area (Å²) in [7, 11) is 3.09. The number of benzene rings is 1. The molecule has 0 heterocycles. The fourth-order valence-electron chi connectivity index (χ4n) is 3.09. The lowest BCUT2D eigenvalue weighted by molar-refractivity contribution is -0.148. The third kappa shape index (κ3) is 27.2. The van der Waals surface area contributed by atoms with Crippen molar-refractivity contribution in [3.05, 3.63) is 29.3 Å². The molecule has 1 aromatic rings. The molecule has 0 spiro atoms. The monoisotopic (exact) mass is 712 g/mol. The van der Waals surface area contributed by atoms with Gasteiger partial charge in [-0.1, -0.05) is 75.3 Å². The van der Waals surface area contributed by atoms with Crippen molar-refractivity contribution < 1.29 is 38.3 Å². The van der Waals surface area contributed by atoms with E-state index in [0.717, 1.165) is 6.42 Å². The molecule has 0 fully saturated rings. The molecule has 1 aromatic carbocycles. The lowest BCUT2D eigenvalue weighted by Gasteiger charge is -2.21. The lowest BCUT2D eigenvalue weighted by atomic mass is 10.0. The minimum absolute atomic E-state index is 0.0668. The molecule has 0 bridgehead atoms. The highest BCUT2D eigenvalue weighted by Crippen LogP contribution is 2.18. The summed E-state index contributed by atoms with van der Waals surface area (Å²) in [5.41, 5.74) is 10.4. The van der Waals surface area contributed by atoms with Gasteiger partial charge in [-0.2, -0.15) is 0 Å². The van der Waals surface area contributed by atoms with Gasteiger partial charge in [-0.25, -0.2) is 4.79 Å². The summed E-state index contributed by atoms with van der Waals surface area (Å²) in [5, 5.41) is 15.4. The van der Waals surface area contributed by atoms with E-state index in [1.807, 2.05) is 34.6 Å². The van der Waals surface area contributed by atoms with Gasteiger partial charge in [0.15, 0.2) is 0 Å². The standard InChI is InChI=1S/C23H35N5O6.C4H10N2O.C3H7NO.2C2H6/c1-13(2)20(28-18(29)10-24-5)22(32)26-11-19(30)27-16-8-7-15(12-34-23(33)14(3)4)17(9-16)21(31)25-6;1-2-3-6-4(5)7;1-2-3(4)5;2*1-2/h7-9,13-14,20,24H,10-12H2,1-6H3,(H,25,31)(H,26,32)(H,27,30)(H,28,29);2-3H2,1H3,(H3,5,6,7);2H2,1H3,(H2,4,5);2*1-2H3. The van der Waals surface area contributed by atoms with E-state index in [1.54, 1.807) is 53.8 Å². The van der Waals surface area contributed by atoms with Gasteiger partial charge in [0.1, 0.15) is 12.6 Å². The third-order valence-electron chi connectivity index (χ3n) is 5.63. The molecule has 1 rings (SSSR count). The number of anilines is 1. The van der Waals surface area contributed by atoms with Crippen molar-refractivity contribution in [1.29, 1.82) is 0 Å². The summed E-state index contributed by atoms with van der Waals surface area (Å²) in [5.74, 6) is -2.86. The SMILES string of the molecule is CC.CC.CCC(N)=O.CCCNC(N)=O.CNCC(=O)NC(C(=O)NCC(=O)Nc1ccc(COC(=O)C(C)C)c(C(=O)NC)c1)C(C)C. The van der Waals surface area contributed by atoms with Crippen LogP contribution in [0.2, 0.25) is 0 Å². The molecule has 50 heavy (non-hydrogen) atoms. The Bertz CT molecular complexity index is 1160. The first-order valence-electron chi connectivity index (χ1n) is 16.9. The van der Waals surface area contributed by atoms with Crippen molar-refractivity contribution in [2.75, 3.05) is 39.0 Å². The molecule has 7 amide bonds. The number of amides is 7. The van der Waals surface area contributed by atoms with Gasteiger partial charge in [0, 0.05) is 36.8 Å². The predicted octanol–water partition coefficient (Wildman–Crippen LogP) is 2.16. The molecule has 0 saturated carbocycles. The molecule has 0 aliphatic heterocycles. The van der Waals surface area contributed by atoms with E-state index in [-0.39, 0.29) is 48.9 Å². The number of likely N-dealkylation sites (N-methyl/N-ethyl adjacent to an activating group) is 1. The number of primary amides is 2. The molecule has 0 aliphatic carbocycles. The van der Waals surface area contributed by atoms with E-state index in [4.69, 9.17) is 10.5 Å². The maximum absolute atomic E-state index is 12.5. The van der Waals surface area contributed by atoms with Crippen molar-refractivity contribution in [3.8, 4) is 0 Å². The molecular formula is C34H64N8O8. The summed E-state index contributed by atoms with van der Waals surface area (Å²) in [6, 6.07) is 3.38. The Morgan fingerprint density at radius 3 is 1.78 bits per heavy atom. The van der Waals surface area contributed by atoms with Crippen LogP contribution in [0.1, 0.15) is 98.0 Å². The topological polar surface area (TPSA) is 253 Å². The minimum atomic E-state index is -0.790. The fourth-order valence-corrected chi connectivity index (χ4v) is 3.09. The van der Waals surface area contributed by atoms with Gasteiger partial charge in [0.05, 0.1) is 19.0 Å². The number of carbonyl (C=O) groups excluding carboxylic acids is 7. The van der Waals surface area contributed by atoms with Crippen molar-refractivity contribution in [3.63, 3.8) is 0 Å². The first kappa shape index (κ1) is 52.1. The average molecular weight is 713 g/mol. The molecule has 0 aliphatic rings. The summed E-state index contributed by atoms with van der Waals surface area (Å²) >= 11 is 0. The number of carbonyl (C=O) groups is 7. The van der Waals surface area contributed by atoms with Crippen LogP contribution in [0.25, 0.3) is 0 Å². The summed E-state index contributed by atoms with van der Waals surface area (Å²) in [6.45, 7) is 19.0. The zero-order valence-corrected chi connectivity index (χ0v) is 32.1. The number of urea groups is 1. The Morgan fingerprint density at radius 2 is 1.38 bits per heavy atom. The maximum atomic E-state index is 12.5. The van der Waals surface area contributed by atoms with E-state index in [0.29, 0.717) is 24.2 Å². The van der Waals surface area contributed by atoms with Crippen LogP contribution in [0.15, 0.2) is 18.2 Å². The first-order chi connectivity index (χ1) is 23.5. The molecule has 10 N–H and O–H groups in total. The Labute approximate surface area is 298 Å². The van der Waals surface area contributed by atoms with E-state index < -0.39 is 35.8 Å². The molecule has 1 unspecified atom stereocenters. The van der Waals surface area contributed by atoms with Crippen molar-refractivity contribution in [2.45, 2.75) is 94.7 Å². The van der Waals surface area contributed by atoms with Crippen molar-refractivity contribution >= 4 is 47.2 Å². The number of hydrogen-bond acceptors (Lipinski definition) is 9. The Balaban J connectivity index is -0.000000551. The van der Waals surface area contributed by atoms with Gasteiger partial charge in [0.2, 0.25) is 23.6 Å². The minimum Gasteiger partial charge on any atom is -0.461 e. The van der Waals surface area contributed by atoms with Crippen LogP contribution in [0.4, 0.5) is 10.5 Å². The van der Waals surface area contributed by atoms with Gasteiger partial charge in [-0.05, 0) is 31.5 Å². The van der Waals surface area contributed by atoms with Crippen molar-refractivity contribution in [1.82, 2.24) is 26.6 Å². The van der Waals surface area contributed by atoms with E-state index >= 15 is 0 Å². The maximum Gasteiger partial charge on any atom is 0.312 e. The Kier molecular flexibility index (Phi) is 34.2. The highest BCUT2D eigenvalue weighted by Gasteiger charge is 2.24. The largest absolute Gasteiger partial charge is 0.461 e. The summed E-state index contributed by atoms with van der Waals surface area (Å²) < 4.78 is 5.21. The van der Waals surface area contributed by atoms with Crippen LogP contribution >= 0.6 is 0 Å². The second-order valence-electron chi connectivity index (χ2n) is 10.4. The zero-order chi connectivity index (χ0) is 39.8. The first-order valence-corrected chi connectivity index (χ1v) is 16.9. The van der Waals surface area contributed by atoms with Gasteiger partial charge >= 0.3 is 12.0 Å². The lowest BCUT2D eigenvalue weighted by Crippen LogP contribution is -2.52. The normalized spacial score (nSPS) is 9.96. The van der Waals surface area contributed by atoms with Crippen LogP contribution in [0, 0.1) is 11.8 Å². The molecule has 16 nitrogen and oxygen atoms in total. The summed E-state index contributed by atoms with van der Waals surface area (Å²) in [6.07, 6.45) is 1.38. The molecule has 0 radical (unpaired) electrons. The number of rotatable bonds is 15. The number of nitrogens with two attached hydrogens (primary N) is 2. The van der Waals surface area contributed by atoms with Gasteiger partial charge in [-0.3, -0.25) is 28.8 Å². The Hall–Kier alpha value is -4.73. The van der Waals surface area contributed by atoms with Crippen LogP contribution in [0.5, 0.6) is 0 Å². The fraction of sp³-hybridized carbons (Fsp3) is 0.618. The number of esters is 1. The van der Waals surface area contributed by atoms with Gasteiger partial charge in [-0.15, -0.1) is 0 Å². The molecule has 0 aromatic heterocycles. The van der Waals surface area contributed by atoms with E-state index in [2.05, 4.69) is 37.6 Å². The van der Waals surface area contributed by atoms with Crippen molar-refractivity contribution in [2.24, 2.45) is 23.3 Å². The van der Waals surface area contributed by atoms with Crippen LogP contribution in [-0.2, 0) is 35.3 Å². The molecule has 288 valence electrons. The van der Waals surface area contributed by atoms with Gasteiger partial charge < -0.3 is 48.1 Å². The third-order valence-corrected chi connectivity index (χ3v) is 5.63. The quantitative estimate of drug-likeness (QED) is 0.124. The molecule has 0 saturated heterocycles. The number of hydrogen-bond donors (Lipinski definition) is 8. The van der Waals surface area contributed by atoms with Gasteiger partial charge in [0.25, 0.3) is 5.91 Å². The van der Waals surface area contributed by atoms with Crippen LogP contribution in [0.3, 0.4) is 0 Å². The molecule has 1 atom stereocenters. The summed E-state index contributed by atoms with van der Waals surface area (Å²) in [4.78, 5) is 80.1. The smallest absolute Gasteiger partial charge is 0.312 e. The highest BCUT2D eigenvalue weighted by atomic mass is 16.5.